The van der Waals surface area contributed by atoms with Crippen molar-refractivity contribution in [2.24, 2.45) is 27.9 Å². The van der Waals surface area contributed by atoms with E-state index in [9.17, 15) is 14.4 Å². The van der Waals surface area contributed by atoms with Crippen LogP contribution >= 0.6 is 0 Å². The maximum absolute atomic E-state index is 12.9. The van der Waals surface area contributed by atoms with Gasteiger partial charge < -0.3 is 33.6 Å². The van der Waals surface area contributed by atoms with Gasteiger partial charge in [0, 0.05) is 13.0 Å². The molecule has 31 heavy (non-hydrogen) atoms. The van der Waals surface area contributed by atoms with E-state index in [4.69, 9.17) is 22.9 Å². The number of unbranched alkanes of at least 4 members (excludes halogenated alkanes) is 1. The highest BCUT2D eigenvalue weighted by atomic mass is 16.2. The van der Waals surface area contributed by atoms with Crippen LogP contribution in [-0.2, 0) is 20.8 Å². The Morgan fingerprint density at radius 1 is 0.935 bits per heavy atom. The highest BCUT2D eigenvalue weighted by Crippen LogP contribution is 2.06. The average molecular weight is 434 g/mol. The molecule has 1 rings (SSSR count). The Labute approximate surface area is 183 Å². The molecule has 0 fully saturated rings. The molecule has 1 aromatic carbocycles. The van der Waals surface area contributed by atoms with Gasteiger partial charge in [-0.05, 0) is 24.8 Å². The number of aliphatic imine (C=N–C) groups is 1. The van der Waals surface area contributed by atoms with Crippen LogP contribution in [0.15, 0.2) is 35.3 Å². The second kappa shape index (κ2) is 14.0. The Morgan fingerprint density at radius 3 is 2.16 bits per heavy atom. The molecule has 0 aliphatic rings. The summed E-state index contributed by atoms with van der Waals surface area (Å²) in [7, 11) is 0. The molecular formula is C21H35N7O3. The number of nitrogens with two attached hydrogens (primary N) is 4. The van der Waals surface area contributed by atoms with E-state index in [2.05, 4.69) is 15.6 Å². The first-order valence-electron chi connectivity index (χ1n) is 10.5. The minimum atomic E-state index is -0.916. The molecule has 0 aromatic heterocycles. The summed E-state index contributed by atoms with van der Waals surface area (Å²) in [4.78, 5) is 41.1. The predicted molar refractivity (Wildman–Crippen MR) is 121 cm³/mol. The van der Waals surface area contributed by atoms with E-state index >= 15 is 0 Å². The van der Waals surface area contributed by atoms with Crippen LogP contribution in [-0.4, -0.2) is 48.4 Å². The molecule has 0 radical (unpaired) electrons. The second-order valence-corrected chi connectivity index (χ2v) is 7.41. The Morgan fingerprint density at radius 2 is 1.58 bits per heavy atom. The van der Waals surface area contributed by atoms with Crippen molar-refractivity contribution >= 4 is 23.7 Å². The number of amides is 3. The van der Waals surface area contributed by atoms with E-state index in [0.717, 1.165) is 18.4 Å². The molecule has 0 unspecified atom stereocenters. The number of guanidine groups is 1. The largest absolute Gasteiger partial charge is 0.370 e. The average Bonchev–Trinajstić information content (AvgIpc) is 2.73. The molecule has 10 nitrogen and oxygen atoms in total. The molecule has 3 atom stereocenters. The molecule has 0 aliphatic heterocycles. The number of carbonyl (C=O) groups excluding carboxylic acids is 3. The number of carbonyl (C=O) groups is 3. The van der Waals surface area contributed by atoms with E-state index in [1.165, 1.54) is 0 Å². The van der Waals surface area contributed by atoms with Gasteiger partial charge in [-0.3, -0.25) is 19.4 Å². The fourth-order valence-corrected chi connectivity index (χ4v) is 2.95. The van der Waals surface area contributed by atoms with Crippen molar-refractivity contribution in [3.05, 3.63) is 35.9 Å². The third kappa shape index (κ3) is 10.4. The van der Waals surface area contributed by atoms with Gasteiger partial charge in [0.1, 0.15) is 12.1 Å². The van der Waals surface area contributed by atoms with Crippen molar-refractivity contribution in [1.29, 1.82) is 0 Å². The zero-order valence-electron chi connectivity index (χ0n) is 18.0. The van der Waals surface area contributed by atoms with Gasteiger partial charge in [-0.2, -0.15) is 0 Å². The molecular weight excluding hydrogens is 398 g/mol. The van der Waals surface area contributed by atoms with E-state index < -0.39 is 35.8 Å². The number of benzene rings is 1. The molecule has 0 spiro atoms. The molecule has 3 amide bonds. The smallest absolute Gasteiger partial charge is 0.243 e. The standard InChI is InChI=1S/C21H35N7O3/c1-2-3-10-15(22)19(30)27-16(11-7-12-26-21(24)25)20(31)28-17(18(23)29)13-14-8-5-4-6-9-14/h4-6,8-9,15-17H,2-3,7,10-13,22H2,1H3,(H2,23,29)(H,27,30)(H,28,31)(H4,24,25,26)/t15-,16+,17+/m0/s1. The van der Waals surface area contributed by atoms with Crippen LogP contribution in [0.1, 0.15) is 44.6 Å². The number of nitrogens with one attached hydrogen (secondary N) is 2. The van der Waals surface area contributed by atoms with Crippen molar-refractivity contribution in [2.75, 3.05) is 6.54 Å². The molecule has 0 saturated carbocycles. The Hall–Kier alpha value is -3.14. The third-order valence-electron chi connectivity index (χ3n) is 4.73. The summed E-state index contributed by atoms with van der Waals surface area (Å²) >= 11 is 0. The normalized spacial score (nSPS) is 13.5. The summed E-state index contributed by atoms with van der Waals surface area (Å²) in [6, 6.07) is 6.66. The van der Waals surface area contributed by atoms with Crippen molar-refractivity contribution in [3.63, 3.8) is 0 Å². The van der Waals surface area contributed by atoms with Gasteiger partial charge in [0.15, 0.2) is 5.96 Å². The zero-order valence-corrected chi connectivity index (χ0v) is 18.0. The van der Waals surface area contributed by atoms with E-state index in [0.29, 0.717) is 19.4 Å². The number of hydrogen-bond acceptors (Lipinski definition) is 5. The zero-order chi connectivity index (χ0) is 23.2. The fraction of sp³-hybridized carbons (Fsp3) is 0.524. The molecule has 0 saturated heterocycles. The number of rotatable bonds is 14. The Bertz CT molecular complexity index is 736. The topological polar surface area (TPSA) is 192 Å². The van der Waals surface area contributed by atoms with Crippen LogP contribution in [0.25, 0.3) is 0 Å². The second-order valence-electron chi connectivity index (χ2n) is 7.41. The monoisotopic (exact) mass is 433 g/mol. The van der Waals surface area contributed by atoms with Crippen LogP contribution in [0.3, 0.4) is 0 Å². The Kier molecular flexibility index (Phi) is 11.7. The number of hydrogen-bond donors (Lipinski definition) is 6. The third-order valence-corrected chi connectivity index (χ3v) is 4.73. The first kappa shape index (κ1) is 25.9. The lowest BCUT2D eigenvalue weighted by molar-refractivity contribution is -0.132. The molecule has 0 bridgehead atoms. The summed E-state index contributed by atoms with van der Waals surface area (Å²) in [6.45, 7) is 2.30. The van der Waals surface area contributed by atoms with Crippen LogP contribution in [0.5, 0.6) is 0 Å². The van der Waals surface area contributed by atoms with E-state index in [1.54, 1.807) is 0 Å². The van der Waals surface area contributed by atoms with E-state index in [-0.39, 0.29) is 18.8 Å². The van der Waals surface area contributed by atoms with Gasteiger partial charge in [-0.15, -0.1) is 0 Å². The molecule has 1 aromatic rings. The van der Waals surface area contributed by atoms with Gasteiger partial charge >= 0.3 is 0 Å². The summed E-state index contributed by atoms with van der Waals surface area (Å²) in [5, 5.41) is 5.33. The minimum absolute atomic E-state index is 0.0525. The maximum Gasteiger partial charge on any atom is 0.243 e. The lowest BCUT2D eigenvalue weighted by Crippen LogP contribution is -2.55. The molecule has 0 heterocycles. The summed E-state index contributed by atoms with van der Waals surface area (Å²) < 4.78 is 0. The summed E-state index contributed by atoms with van der Waals surface area (Å²) in [5.41, 5.74) is 22.9. The fourth-order valence-electron chi connectivity index (χ4n) is 2.95. The highest BCUT2D eigenvalue weighted by molar-refractivity contribution is 5.92. The predicted octanol–water partition coefficient (Wildman–Crippen LogP) is -0.745. The van der Waals surface area contributed by atoms with E-state index in [1.807, 2.05) is 37.3 Å². The van der Waals surface area contributed by atoms with Crippen LogP contribution in [0.4, 0.5) is 0 Å². The van der Waals surface area contributed by atoms with Crippen LogP contribution < -0.4 is 33.6 Å². The quantitative estimate of drug-likeness (QED) is 0.127. The lowest BCUT2D eigenvalue weighted by Gasteiger charge is -2.23. The van der Waals surface area contributed by atoms with Crippen molar-refractivity contribution < 1.29 is 14.4 Å². The van der Waals surface area contributed by atoms with Crippen molar-refractivity contribution in [3.8, 4) is 0 Å². The molecule has 10 N–H and O–H groups in total. The molecule has 0 aliphatic carbocycles. The van der Waals surface area contributed by atoms with Gasteiger partial charge in [-0.25, -0.2) is 0 Å². The Balaban J connectivity index is 2.84. The summed E-state index contributed by atoms with van der Waals surface area (Å²) in [5.74, 6) is -1.65. The van der Waals surface area contributed by atoms with Crippen molar-refractivity contribution in [2.45, 2.75) is 63.6 Å². The minimum Gasteiger partial charge on any atom is -0.370 e. The molecule has 10 heteroatoms. The highest BCUT2D eigenvalue weighted by Gasteiger charge is 2.27. The van der Waals surface area contributed by atoms with Crippen molar-refractivity contribution in [1.82, 2.24) is 10.6 Å². The van der Waals surface area contributed by atoms with Gasteiger partial charge in [0.05, 0.1) is 6.04 Å². The first-order chi connectivity index (χ1) is 14.7. The maximum atomic E-state index is 12.9. The summed E-state index contributed by atoms with van der Waals surface area (Å²) in [6.07, 6.45) is 3.18. The van der Waals surface area contributed by atoms with Crippen LogP contribution in [0, 0.1) is 0 Å². The molecule has 172 valence electrons. The number of nitrogens with zero attached hydrogens (tertiary/aromatic N) is 1. The van der Waals surface area contributed by atoms with Gasteiger partial charge in [-0.1, -0.05) is 50.1 Å². The van der Waals surface area contributed by atoms with Gasteiger partial charge in [0.2, 0.25) is 17.7 Å². The lowest BCUT2D eigenvalue weighted by atomic mass is 10.0. The first-order valence-corrected chi connectivity index (χ1v) is 10.5. The number of primary amides is 1. The SMILES string of the molecule is CCCC[C@H](N)C(=O)N[C@H](CCCN=C(N)N)C(=O)N[C@H](Cc1ccccc1)C(N)=O. The van der Waals surface area contributed by atoms with Crippen LogP contribution in [0.2, 0.25) is 0 Å². The van der Waals surface area contributed by atoms with Gasteiger partial charge in [0.25, 0.3) is 0 Å².